The van der Waals surface area contributed by atoms with Gasteiger partial charge in [0.05, 0.1) is 13.7 Å². The zero-order chi connectivity index (χ0) is 27.1. The van der Waals surface area contributed by atoms with E-state index in [0.29, 0.717) is 13.1 Å². The zero-order valence-electron chi connectivity index (χ0n) is 22.5. The Labute approximate surface area is 223 Å². The van der Waals surface area contributed by atoms with E-state index in [-0.39, 0.29) is 6.61 Å². The molecule has 2 aromatic carbocycles. The Kier molecular flexibility index (Phi) is 7.38. The van der Waals surface area contributed by atoms with Crippen molar-refractivity contribution >= 4 is 5.97 Å². The molecule has 1 N–H and O–H groups in total. The molecule has 206 valence electrons. The molecule has 9 heteroatoms. The fourth-order valence-corrected chi connectivity index (χ4v) is 5.74. The first-order valence-electron chi connectivity index (χ1n) is 13.0. The Balaban J connectivity index is 1.60. The van der Waals surface area contributed by atoms with Gasteiger partial charge < -0.3 is 33.5 Å². The molecule has 0 bridgehead atoms. The van der Waals surface area contributed by atoms with Crippen LogP contribution in [0.25, 0.3) is 0 Å². The highest BCUT2D eigenvalue weighted by molar-refractivity contribution is 5.78. The molecule has 0 spiro atoms. The van der Waals surface area contributed by atoms with Gasteiger partial charge in [-0.2, -0.15) is 0 Å². The van der Waals surface area contributed by atoms with E-state index in [9.17, 15) is 9.90 Å². The van der Waals surface area contributed by atoms with Gasteiger partial charge in [-0.15, -0.1) is 0 Å². The normalized spacial score (nSPS) is 32.3. The number of carbonyl (C=O) groups is 1. The Morgan fingerprint density at radius 3 is 2.00 bits per heavy atom. The number of ether oxygens (including phenoxy) is 6. The van der Waals surface area contributed by atoms with Gasteiger partial charge in [0.15, 0.2) is 23.5 Å². The number of carbonyl (C=O) groups excluding carboxylic acids is 1. The maximum Gasteiger partial charge on any atom is 0.326 e. The van der Waals surface area contributed by atoms with Crippen LogP contribution in [0.2, 0.25) is 0 Å². The van der Waals surface area contributed by atoms with Crippen molar-refractivity contribution in [2.24, 2.45) is 0 Å². The largest absolute Gasteiger partial charge is 0.468 e. The predicted molar refractivity (Wildman–Crippen MR) is 136 cm³/mol. The topological polar surface area (TPSA) is 95.9 Å². The third-order valence-electron chi connectivity index (χ3n) is 7.30. The second kappa shape index (κ2) is 10.3. The van der Waals surface area contributed by atoms with Crippen molar-refractivity contribution in [3.8, 4) is 0 Å². The number of methoxy groups -OCH3 is 1. The molecular weight excluding hydrogens is 490 g/mol. The van der Waals surface area contributed by atoms with Gasteiger partial charge in [-0.1, -0.05) is 60.7 Å². The van der Waals surface area contributed by atoms with Gasteiger partial charge in [0.1, 0.15) is 24.4 Å². The van der Waals surface area contributed by atoms with Crippen molar-refractivity contribution in [2.75, 3.05) is 13.7 Å². The number of fused-ring (bicyclic) bond motifs is 1. The summed E-state index contributed by atoms with van der Waals surface area (Å²) < 4.78 is 35.8. The van der Waals surface area contributed by atoms with Crippen molar-refractivity contribution in [2.45, 2.75) is 88.6 Å². The standard InChI is InChI=1S/C29H37NO8/c1-27(2)34-18-21(36-27)23-29(32,24-26(35-23)38-28(3,4)37-24)22(25(31)33-5)30(16-19-12-8-6-9-13-19)17-20-14-10-7-11-15-20/h6-15,21-24,26,32H,16-18H2,1-5H3/t21-,22-,23-,24+,26-,29-/m1/s1. The SMILES string of the molecule is COC(=O)[C@@H](N(Cc1ccccc1)Cc1ccccc1)[C@@]1(O)[C@@H]([C@H]2COC(C)(C)O2)O[C@@H]2OC(C)(C)O[C@@H]21. The minimum absolute atomic E-state index is 0.175. The molecule has 0 saturated carbocycles. The molecule has 0 amide bonds. The highest BCUT2D eigenvalue weighted by Gasteiger charge is 2.71. The Hall–Kier alpha value is -2.37. The number of aliphatic hydroxyl groups is 1. The molecule has 38 heavy (non-hydrogen) atoms. The molecular formula is C29H37NO8. The Morgan fingerprint density at radius 1 is 0.921 bits per heavy atom. The number of nitrogens with zero attached hydrogens (tertiary/aromatic N) is 1. The van der Waals surface area contributed by atoms with E-state index in [4.69, 9.17) is 28.4 Å². The van der Waals surface area contributed by atoms with E-state index in [1.165, 1.54) is 7.11 Å². The van der Waals surface area contributed by atoms with Gasteiger partial charge in [0.2, 0.25) is 0 Å². The summed E-state index contributed by atoms with van der Waals surface area (Å²) in [6.07, 6.45) is -3.55. The summed E-state index contributed by atoms with van der Waals surface area (Å²) in [5.41, 5.74) is 0.0423. The third kappa shape index (κ3) is 5.24. The van der Waals surface area contributed by atoms with E-state index < -0.39 is 53.8 Å². The first kappa shape index (κ1) is 27.2. The van der Waals surface area contributed by atoms with Gasteiger partial charge in [0.25, 0.3) is 0 Å². The fourth-order valence-electron chi connectivity index (χ4n) is 5.74. The molecule has 3 aliphatic rings. The minimum atomic E-state index is -1.90. The second-order valence-corrected chi connectivity index (χ2v) is 11.0. The molecule has 3 fully saturated rings. The summed E-state index contributed by atoms with van der Waals surface area (Å²) >= 11 is 0. The van der Waals surface area contributed by atoms with Crippen LogP contribution >= 0.6 is 0 Å². The van der Waals surface area contributed by atoms with Crippen LogP contribution in [0.5, 0.6) is 0 Å². The number of benzene rings is 2. The average molecular weight is 528 g/mol. The van der Waals surface area contributed by atoms with Crippen LogP contribution in [-0.4, -0.2) is 77.5 Å². The Bertz CT molecular complexity index is 1070. The van der Waals surface area contributed by atoms with Crippen LogP contribution in [0.3, 0.4) is 0 Å². The highest BCUT2D eigenvalue weighted by atomic mass is 16.8. The molecule has 3 saturated heterocycles. The molecule has 0 aromatic heterocycles. The van der Waals surface area contributed by atoms with Gasteiger partial charge in [-0.3, -0.25) is 9.69 Å². The van der Waals surface area contributed by atoms with Crippen LogP contribution in [-0.2, 0) is 46.3 Å². The van der Waals surface area contributed by atoms with Crippen LogP contribution in [0.4, 0.5) is 0 Å². The van der Waals surface area contributed by atoms with Crippen molar-refractivity contribution in [3.63, 3.8) is 0 Å². The van der Waals surface area contributed by atoms with Crippen molar-refractivity contribution in [1.29, 1.82) is 0 Å². The molecule has 0 unspecified atom stereocenters. The fraction of sp³-hybridized carbons (Fsp3) is 0.552. The first-order chi connectivity index (χ1) is 18.0. The highest BCUT2D eigenvalue weighted by Crippen LogP contribution is 2.49. The second-order valence-electron chi connectivity index (χ2n) is 11.0. The maximum atomic E-state index is 13.7. The van der Waals surface area contributed by atoms with Crippen molar-refractivity contribution in [3.05, 3.63) is 71.8 Å². The number of rotatable bonds is 8. The number of esters is 1. The lowest BCUT2D eigenvalue weighted by Gasteiger charge is -2.44. The number of hydrogen-bond donors (Lipinski definition) is 1. The molecule has 6 atom stereocenters. The Morgan fingerprint density at radius 2 is 1.50 bits per heavy atom. The molecule has 3 heterocycles. The summed E-state index contributed by atoms with van der Waals surface area (Å²) in [5.74, 6) is -2.51. The smallest absolute Gasteiger partial charge is 0.326 e. The molecule has 2 aromatic rings. The maximum absolute atomic E-state index is 13.7. The molecule has 0 aliphatic carbocycles. The summed E-state index contributed by atoms with van der Waals surface area (Å²) in [6.45, 7) is 8.00. The van der Waals surface area contributed by atoms with E-state index in [2.05, 4.69) is 0 Å². The summed E-state index contributed by atoms with van der Waals surface area (Å²) in [5, 5.41) is 12.8. The first-order valence-corrected chi connectivity index (χ1v) is 13.0. The summed E-state index contributed by atoms with van der Waals surface area (Å²) in [6, 6.07) is 18.4. The number of hydrogen-bond acceptors (Lipinski definition) is 9. The summed E-state index contributed by atoms with van der Waals surface area (Å²) in [4.78, 5) is 15.6. The lowest BCUT2D eigenvalue weighted by Crippen LogP contribution is -2.68. The van der Waals surface area contributed by atoms with E-state index >= 15 is 0 Å². The lowest BCUT2D eigenvalue weighted by molar-refractivity contribution is -0.258. The van der Waals surface area contributed by atoms with Gasteiger partial charge >= 0.3 is 5.97 Å². The summed E-state index contributed by atoms with van der Waals surface area (Å²) in [7, 11) is 1.32. The van der Waals surface area contributed by atoms with E-state index in [1.807, 2.05) is 65.6 Å². The third-order valence-corrected chi connectivity index (χ3v) is 7.30. The van der Waals surface area contributed by atoms with Crippen LogP contribution in [0, 0.1) is 0 Å². The van der Waals surface area contributed by atoms with Gasteiger partial charge in [-0.25, -0.2) is 0 Å². The van der Waals surface area contributed by atoms with Crippen LogP contribution in [0.15, 0.2) is 60.7 Å². The van der Waals surface area contributed by atoms with Crippen LogP contribution < -0.4 is 0 Å². The van der Waals surface area contributed by atoms with Gasteiger partial charge in [0, 0.05) is 13.1 Å². The lowest BCUT2D eigenvalue weighted by atomic mass is 9.80. The van der Waals surface area contributed by atoms with Crippen molar-refractivity contribution in [1.82, 2.24) is 4.90 Å². The van der Waals surface area contributed by atoms with Crippen LogP contribution in [0.1, 0.15) is 38.8 Å². The van der Waals surface area contributed by atoms with E-state index in [1.54, 1.807) is 27.7 Å². The average Bonchev–Trinajstić information content (AvgIpc) is 3.48. The van der Waals surface area contributed by atoms with Crippen molar-refractivity contribution < 1.29 is 38.3 Å². The minimum Gasteiger partial charge on any atom is -0.468 e. The molecule has 0 radical (unpaired) electrons. The molecule has 9 nitrogen and oxygen atoms in total. The molecule has 3 aliphatic heterocycles. The molecule has 5 rings (SSSR count). The van der Waals surface area contributed by atoms with Gasteiger partial charge in [-0.05, 0) is 38.8 Å². The quantitative estimate of drug-likeness (QED) is 0.520. The van der Waals surface area contributed by atoms with E-state index in [0.717, 1.165) is 11.1 Å². The zero-order valence-corrected chi connectivity index (χ0v) is 22.5. The predicted octanol–water partition coefficient (Wildman–Crippen LogP) is 2.99. The monoisotopic (exact) mass is 527 g/mol.